The van der Waals surface area contributed by atoms with Gasteiger partial charge in [-0.15, -0.1) is 0 Å². The van der Waals surface area contributed by atoms with E-state index < -0.39 is 0 Å². The van der Waals surface area contributed by atoms with Crippen molar-refractivity contribution in [1.29, 1.82) is 0 Å². The zero-order valence-electron chi connectivity index (χ0n) is 18.5. The first-order valence-corrected chi connectivity index (χ1v) is 10.2. The van der Waals surface area contributed by atoms with Gasteiger partial charge in [0.05, 0.1) is 20.5 Å². The maximum atomic E-state index is 12.6. The van der Waals surface area contributed by atoms with Gasteiger partial charge >= 0.3 is 0 Å². The summed E-state index contributed by atoms with van der Waals surface area (Å²) in [5.41, 5.74) is 5.39. The number of allylic oxidation sites excluding steroid dienone is 1. The summed E-state index contributed by atoms with van der Waals surface area (Å²) in [4.78, 5) is 14.4. The van der Waals surface area contributed by atoms with Crippen LogP contribution in [0, 0.1) is 6.92 Å². The molecule has 5 nitrogen and oxygen atoms in total. The Bertz CT molecular complexity index is 1090. The summed E-state index contributed by atoms with van der Waals surface area (Å²) >= 11 is 0. The van der Waals surface area contributed by atoms with Gasteiger partial charge < -0.3 is 18.8 Å². The zero-order chi connectivity index (χ0) is 21.8. The van der Waals surface area contributed by atoms with E-state index in [1.54, 1.807) is 31.5 Å². The topological polar surface area (TPSA) is 51.9 Å². The van der Waals surface area contributed by atoms with Crippen LogP contribution < -0.4 is 9.47 Å². The Kier molecular flexibility index (Phi) is 6.50. The molecule has 0 atom stereocenters. The van der Waals surface area contributed by atoms with Crippen LogP contribution in [0.2, 0.25) is 0 Å². The molecule has 3 aromatic rings. The molecule has 3 rings (SSSR count). The van der Waals surface area contributed by atoms with Crippen LogP contribution in [-0.4, -0.2) is 38.1 Å². The number of fused-ring (bicyclic) bond motifs is 1. The number of hydrogen-bond donors (Lipinski definition) is 0. The molecule has 1 heterocycles. The van der Waals surface area contributed by atoms with E-state index in [-0.39, 0.29) is 5.91 Å². The molecular formula is C25H29NO4. The molecule has 0 saturated heterocycles. The molecule has 0 aliphatic heterocycles. The number of benzene rings is 2. The molecule has 1 amide bonds. The van der Waals surface area contributed by atoms with Crippen molar-refractivity contribution in [3.8, 4) is 22.6 Å². The van der Waals surface area contributed by atoms with Gasteiger partial charge in [-0.2, -0.15) is 0 Å². The Labute approximate surface area is 177 Å². The number of likely N-dealkylation sites (N-methyl/N-ethyl adjacent to an activating group) is 1. The monoisotopic (exact) mass is 407 g/mol. The van der Waals surface area contributed by atoms with Gasteiger partial charge in [-0.3, -0.25) is 4.79 Å². The summed E-state index contributed by atoms with van der Waals surface area (Å²) < 4.78 is 17.0. The maximum Gasteiger partial charge on any atom is 0.246 e. The summed E-state index contributed by atoms with van der Waals surface area (Å²) in [6, 6.07) is 9.92. The lowest BCUT2D eigenvalue weighted by molar-refractivity contribution is -0.125. The van der Waals surface area contributed by atoms with Gasteiger partial charge in [-0.05, 0) is 57.0 Å². The summed E-state index contributed by atoms with van der Waals surface area (Å²) in [7, 11) is 3.30. The minimum atomic E-state index is -0.00230. The predicted molar refractivity (Wildman–Crippen MR) is 121 cm³/mol. The van der Waals surface area contributed by atoms with Gasteiger partial charge in [-0.25, -0.2) is 0 Å². The van der Waals surface area contributed by atoms with Gasteiger partial charge in [0.2, 0.25) is 5.91 Å². The van der Waals surface area contributed by atoms with E-state index in [4.69, 9.17) is 13.9 Å². The predicted octanol–water partition coefficient (Wildman–Crippen LogP) is 5.70. The van der Waals surface area contributed by atoms with E-state index in [0.29, 0.717) is 13.1 Å². The largest absolute Gasteiger partial charge is 0.497 e. The van der Waals surface area contributed by atoms with Crippen molar-refractivity contribution >= 4 is 22.4 Å². The molecule has 5 heteroatoms. The first kappa shape index (κ1) is 21.5. The van der Waals surface area contributed by atoms with E-state index in [1.807, 2.05) is 58.0 Å². The number of amides is 1. The van der Waals surface area contributed by atoms with Crippen molar-refractivity contribution in [2.24, 2.45) is 0 Å². The number of ether oxygens (including phenoxy) is 2. The molecule has 0 saturated carbocycles. The first-order valence-electron chi connectivity index (χ1n) is 10.2. The Balaban J connectivity index is 2.18. The molecule has 0 fully saturated rings. The van der Waals surface area contributed by atoms with E-state index in [2.05, 4.69) is 0 Å². The van der Waals surface area contributed by atoms with Crippen LogP contribution in [0.1, 0.15) is 31.9 Å². The summed E-state index contributed by atoms with van der Waals surface area (Å²) in [6.45, 7) is 9.23. The van der Waals surface area contributed by atoms with E-state index in [9.17, 15) is 4.79 Å². The van der Waals surface area contributed by atoms with Crippen molar-refractivity contribution in [1.82, 2.24) is 4.90 Å². The number of furan rings is 1. The second-order valence-electron chi connectivity index (χ2n) is 7.18. The number of carbonyl (C=O) groups is 1. The number of rotatable bonds is 7. The van der Waals surface area contributed by atoms with Gasteiger partial charge in [0.15, 0.2) is 0 Å². The van der Waals surface area contributed by atoms with Crippen LogP contribution in [0.5, 0.6) is 11.5 Å². The third-order valence-corrected chi connectivity index (χ3v) is 5.47. The van der Waals surface area contributed by atoms with E-state index in [1.165, 1.54) is 0 Å². The summed E-state index contributed by atoms with van der Waals surface area (Å²) in [6.07, 6.45) is 3.44. The van der Waals surface area contributed by atoms with Crippen LogP contribution in [0.25, 0.3) is 27.7 Å². The summed E-state index contributed by atoms with van der Waals surface area (Å²) in [5.74, 6) is 1.50. The highest BCUT2D eigenvalue weighted by atomic mass is 16.5. The van der Waals surface area contributed by atoms with Crippen molar-refractivity contribution in [2.75, 3.05) is 27.3 Å². The fourth-order valence-corrected chi connectivity index (χ4v) is 3.78. The van der Waals surface area contributed by atoms with Crippen molar-refractivity contribution < 1.29 is 18.7 Å². The SMILES string of the molecule is CCN(CC)C(=O)/C=C(\C)c1cc2c(-c3cccc(OC)c3)coc2c(C)c1OC. The van der Waals surface area contributed by atoms with Crippen molar-refractivity contribution in [3.05, 3.63) is 53.8 Å². The number of methoxy groups -OCH3 is 2. The van der Waals surface area contributed by atoms with Crippen LogP contribution in [0.3, 0.4) is 0 Å². The number of nitrogens with zero attached hydrogens (tertiary/aromatic N) is 1. The standard InChI is InChI=1S/C25H29NO4/c1-7-26(8-2)23(27)12-16(3)20-14-21-22(18-10-9-11-19(13-18)28-5)15-30-25(21)17(4)24(20)29-6/h9-15H,7-8H2,1-6H3/b16-12+. The van der Waals surface area contributed by atoms with E-state index >= 15 is 0 Å². The lowest BCUT2D eigenvalue weighted by Gasteiger charge is -2.18. The maximum absolute atomic E-state index is 12.6. The smallest absolute Gasteiger partial charge is 0.246 e. The Morgan fingerprint density at radius 3 is 2.50 bits per heavy atom. The normalized spacial score (nSPS) is 11.6. The van der Waals surface area contributed by atoms with Crippen LogP contribution >= 0.6 is 0 Å². The molecule has 2 aromatic carbocycles. The lowest BCUT2D eigenvalue weighted by atomic mass is 9.96. The highest BCUT2D eigenvalue weighted by molar-refractivity contribution is 6.01. The molecular weight excluding hydrogens is 378 g/mol. The highest BCUT2D eigenvalue weighted by Gasteiger charge is 2.19. The minimum Gasteiger partial charge on any atom is -0.497 e. The lowest BCUT2D eigenvalue weighted by Crippen LogP contribution is -2.28. The zero-order valence-corrected chi connectivity index (χ0v) is 18.5. The number of hydrogen-bond acceptors (Lipinski definition) is 4. The fourth-order valence-electron chi connectivity index (χ4n) is 3.78. The third-order valence-electron chi connectivity index (χ3n) is 5.47. The van der Waals surface area contributed by atoms with Crippen LogP contribution in [0.15, 0.2) is 47.1 Å². The molecule has 0 bridgehead atoms. The highest BCUT2D eigenvalue weighted by Crippen LogP contribution is 2.41. The Hall–Kier alpha value is -3.21. The van der Waals surface area contributed by atoms with Gasteiger partial charge in [0.1, 0.15) is 17.1 Å². The molecule has 0 spiro atoms. The van der Waals surface area contributed by atoms with Crippen LogP contribution in [-0.2, 0) is 4.79 Å². The van der Waals surface area contributed by atoms with Crippen LogP contribution in [0.4, 0.5) is 0 Å². The van der Waals surface area contributed by atoms with Crippen molar-refractivity contribution in [3.63, 3.8) is 0 Å². The molecule has 0 N–H and O–H groups in total. The number of carbonyl (C=O) groups excluding carboxylic acids is 1. The average Bonchev–Trinajstić information content (AvgIpc) is 3.19. The third kappa shape index (κ3) is 3.92. The Morgan fingerprint density at radius 1 is 1.13 bits per heavy atom. The molecule has 0 aliphatic rings. The molecule has 0 unspecified atom stereocenters. The quantitative estimate of drug-likeness (QED) is 0.472. The average molecular weight is 408 g/mol. The van der Waals surface area contributed by atoms with E-state index in [0.717, 1.165) is 50.3 Å². The molecule has 0 radical (unpaired) electrons. The number of aryl methyl sites for hydroxylation is 1. The first-order chi connectivity index (χ1) is 14.4. The fraction of sp³-hybridized carbons (Fsp3) is 0.320. The van der Waals surface area contributed by atoms with Gasteiger partial charge in [-0.1, -0.05) is 12.1 Å². The van der Waals surface area contributed by atoms with Crippen molar-refractivity contribution in [2.45, 2.75) is 27.7 Å². The van der Waals surface area contributed by atoms with Gasteiger partial charge in [0.25, 0.3) is 0 Å². The Morgan fingerprint density at radius 2 is 1.87 bits per heavy atom. The second kappa shape index (κ2) is 9.08. The molecule has 1 aromatic heterocycles. The second-order valence-corrected chi connectivity index (χ2v) is 7.18. The molecule has 0 aliphatic carbocycles. The minimum absolute atomic E-state index is 0.00230. The molecule has 158 valence electrons. The summed E-state index contributed by atoms with van der Waals surface area (Å²) in [5, 5.41) is 0.972. The van der Waals surface area contributed by atoms with Gasteiger partial charge in [0, 0.05) is 41.2 Å². The molecule has 30 heavy (non-hydrogen) atoms.